The van der Waals surface area contributed by atoms with E-state index in [0.29, 0.717) is 5.92 Å². The minimum atomic E-state index is -0.0991. The van der Waals surface area contributed by atoms with Gasteiger partial charge >= 0.3 is 0 Å². The second-order valence-corrected chi connectivity index (χ2v) is 6.12. The average Bonchev–Trinajstić information content (AvgIpc) is 2.37. The van der Waals surface area contributed by atoms with Crippen molar-refractivity contribution >= 4 is 0 Å². The molecule has 0 aromatic heterocycles. The Morgan fingerprint density at radius 1 is 1.22 bits per heavy atom. The molecular weight excluding hydrogens is 220 g/mol. The molecule has 0 radical (unpaired) electrons. The van der Waals surface area contributed by atoms with Gasteiger partial charge in [-0.2, -0.15) is 0 Å². The maximum atomic E-state index is 10.3. The van der Waals surface area contributed by atoms with Crippen molar-refractivity contribution in [1.82, 2.24) is 0 Å². The molecule has 100 valence electrons. The quantitative estimate of drug-likeness (QED) is 0.847. The van der Waals surface area contributed by atoms with Gasteiger partial charge in [0.1, 0.15) is 0 Å². The van der Waals surface area contributed by atoms with Gasteiger partial charge in [0.2, 0.25) is 0 Å². The molecule has 0 amide bonds. The third-order valence-corrected chi connectivity index (χ3v) is 4.42. The Balaban J connectivity index is 1.79. The van der Waals surface area contributed by atoms with Crippen LogP contribution in [-0.2, 0) is 6.42 Å². The fraction of sp³-hybridized carbons (Fsp3) is 0.647. The van der Waals surface area contributed by atoms with Crippen LogP contribution in [0, 0.1) is 18.8 Å². The van der Waals surface area contributed by atoms with Crippen LogP contribution in [0.2, 0.25) is 0 Å². The topological polar surface area (TPSA) is 20.2 Å². The maximum absolute atomic E-state index is 10.3. The number of benzene rings is 1. The number of hydrogen-bond donors (Lipinski definition) is 1. The van der Waals surface area contributed by atoms with Crippen molar-refractivity contribution in [1.29, 1.82) is 0 Å². The molecule has 1 aromatic carbocycles. The predicted octanol–water partition coefficient (Wildman–Crippen LogP) is 4.11. The van der Waals surface area contributed by atoms with Crippen LogP contribution in [0.15, 0.2) is 24.3 Å². The second kappa shape index (κ2) is 6.38. The molecule has 1 N–H and O–H groups in total. The van der Waals surface area contributed by atoms with Gasteiger partial charge in [-0.3, -0.25) is 0 Å². The molecule has 18 heavy (non-hydrogen) atoms. The highest BCUT2D eigenvalue weighted by atomic mass is 16.3. The van der Waals surface area contributed by atoms with E-state index in [-0.39, 0.29) is 6.10 Å². The van der Waals surface area contributed by atoms with Crippen LogP contribution in [0.1, 0.15) is 50.2 Å². The van der Waals surface area contributed by atoms with Crippen molar-refractivity contribution in [2.75, 3.05) is 0 Å². The van der Waals surface area contributed by atoms with Gasteiger partial charge in [-0.25, -0.2) is 0 Å². The molecule has 1 unspecified atom stereocenters. The number of aryl methyl sites for hydroxylation is 2. The molecule has 2 rings (SSSR count). The van der Waals surface area contributed by atoms with Crippen LogP contribution < -0.4 is 0 Å². The van der Waals surface area contributed by atoms with E-state index in [9.17, 15) is 5.11 Å². The van der Waals surface area contributed by atoms with E-state index < -0.39 is 0 Å². The highest BCUT2D eigenvalue weighted by Gasteiger charge is 2.24. The van der Waals surface area contributed by atoms with Crippen molar-refractivity contribution in [3.8, 4) is 0 Å². The minimum Gasteiger partial charge on any atom is -0.393 e. The van der Waals surface area contributed by atoms with Crippen LogP contribution in [0.5, 0.6) is 0 Å². The summed E-state index contributed by atoms with van der Waals surface area (Å²) in [7, 11) is 0. The molecule has 1 heteroatoms. The molecule has 0 heterocycles. The normalized spacial score (nSPS) is 25.9. The van der Waals surface area contributed by atoms with Crippen LogP contribution in [0.4, 0.5) is 0 Å². The summed E-state index contributed by atoms with van der Waals surface area (Å²) in [5.41, 5.74) is 2.67. The molecule has 1 aliphatic rings. The number of rotatable bonds is 4. The van der Waals surface area contributed by atoms with Crippen molar-refractivity contribution in [3.05, 3.63) is 35.4 Å². The first kappa shape index (κ1) is 13.6. The van der Waals surface area contributed by atoms with Gasteiger partial charge < -0.3 is 5.11 Å². The second-order valence-electron chi connectivity index (χ2n) is 6.12. The Hall–Kier alpha value is -0.820. The lowest BCUT2D eigenvalue weighted by Gasteiger charge is -2.29. The van der Waals surface area contributed by atoms with Gasteiger partial charge in [-0.15, -0.1) is 0 Å². The van der Waals surface area contributed by atoms with Gasteiger partial charge in [0.25, 0.3) is 0 Å². The standard InChI is InChI=1S/C17H26O/c1-13-6-9-16(10-7-13)17(18)11-8-15-5-3-4-14(2)12-15/h3-5,12-13,16-18H,6-11H2,1-2H3. The molecule has 1 fully saturated rings. The maximum Gasteiger partial charge on any atom is 0.0571 e. The van der Waals surface area contributed by atoms with Crippen LogP contribution in [0.25, 0.3) is 0 Å². The van der Waals surface area contributed by atoms with E-state index in [2.05, 4.69) is 38.1 Å². The van der Waals surface area contributed by atoms with Gasteiger partial charge in [0.15, 0.2) is 0 Å². The summed E-state index contributed by atoms with van der Waals surface area (Å²) in [4.78, 5) is 0. The summed E-state index contributed by atoms with van der Waals surface area (Å²) < 4.78 is 0. The summed E-state index contributed by atoms with van der Waals surface area (Å²) in [6, 6.07) is 8.64. The zero-order valence-electron chi connectivity index (χ0n) is 11.7. The summed E-state index contributed by atoms with van der Waals surface area (Å²) in [5, 5.41) is 10.3. The summed E-state index contributed by atoms with van der Waals surface area (Å²) in [6.07, 6.45) is 6.86. The highest BCUT2D eigenvalue weighted by molar-refractivity contribution is 5.22. The lowest BCUT2D eigenvalue weighted by Crippen LogP contribution is -2.25. The lowest BCUT2D eigenvalue weighted by atomic mass is 9.79. The SMILES string of the molecule is Cc1cccc(CCC(O)C2CCC(C)CC2)c1. The van der Waals surface area contributed by atoms with E-state index in [1.807, 2.05) is 0 Å². The molecule has 1 saturated carbocycles. The smallest absolute Gasteiger partial charge is 0.0571 e. The third-order valence-electron chi connectivity index (χ3n) is 4.42. The largest absolute Gasteiger partial charge is 0.393 e. The highest BCUT2D eigenvalue weighted by Crippen LogP contribution is 2.31. The Bertz CT molecular complexity index is 364. The van der Waals surface area contributed by atoms with E-state index in [4.69, 9.17) is 0 Å². The average molecular weight is 246 g/mol. The lowest BCUT2D eigenvalue weighted by molar-refractivity contribution is 0.0690. The van der Waals surface area contributed by atoms with Crippen LogP contribution in [-0.4, -0.2) is 11.2 Å². The monoisotopic (exact) mass is 246 g/mol. The van der Waals surface area contributed by atoms with Crippen molar-refractivity contribution in [3.63, 3.8) is 0 Å². The molecule has 0 bridgehead atoms. The van der Waals surface area contributed by atoms with Gasteiger partial charge in [0, 0.05) is 0 Å². The Kier molecular flexibility index (Phi) is 4.82. The number of aliphatic hydroxyl groups is 1. The Labute approximate surface area is 111 Å². The van der Waals surface area contributed by atoms with Crippen molar-refractivity contribution in [2.24, 2.45) is 11.8 Å². The molecule has 1 nitrogen and oxygen atoms in total. The van der Waals surface area contributed by atoms with E-state index >= 15 is 0 Å². The first-order valence-corrected chi connectivity index (χ1v) is 7.39. The molecule has 1 atom stereocenters. The first-order chi connectivity index (χ1) is 8.65. The molecule has 1 aliphatic carbocycles. The summed E-state index contributed by atoms with van der Waals surface area (Å²) >= 11 is 0. The Morgan fingerprint density at radius 3 is 2.61 bits per heavy atom. The molecule has 1 aromatic rings. The van der Waals surface area contributed by atoms with E-state index in [0.717, 1.165) is 18.8 Å². The fourth-order valence-electron chi connectivity index (χ4n) is 3.09. The Morgan fingerprint density at radius 2 is 1.94 bits per heavy atom. The number of aliphatic hydroxyl groups excluding tert-OH is 1. The minimum absolute atomic E-state index is 0.0991. The fourth-order valence-corrected chi connectivity index (χ4v) is 3.09. The van der Waals surface area contributed by atoms with Crippen LogP contribution >= 0.6 is 0 Å². The van der Waals surface area contributed by atoms with Crippen LogP contribution in [0.3, 0.4) is 0 Å². The zero-order chi connectivity index (χ0) is 13.0. The van der Waals surface area contributed by atoms with E-state index in [1.165, 1.54) is 36.8 Å². The zero-order valence-corrected chi connectivity index (χ0v) is 11.7. The van der Waals surface area contributed by atoms with E-state index in [1.54, 1.807) is 0 Å². The number of hydrogen-bond acceptors (Lipinski definition) is 1. The predicted molar refractivity (Wildman–Crippen MR) is 76.6 cm³/mol. The molecule has 0 aliphatic heterocycles. The first-order valence-electron chi connectivity index (χ1n) is 7.39. The van der Waals surface area contributed by atoms with Gasteiger partial charge in [-0.1, -0.05) is 49.6 Å². The summed E-state index contributed by atoms with van der Waals surface area (Å²) in [6.45, 7) is 4.46. The van der Waals surface area contributed by atoms with Gasteiger partial charge in [-0.05, 0) is 50.0 Å². The van der Waals surface area contributed by atoms with Gasteiger partial charge in [0.05, 0.1) is 6.10 Å². The van der Waals surface area contributed by atoms with Crippen molar-refractivity contribution in [2.45, 2.75) is 58.5 Å². The summed E-state index contributed by atoms with van der Waals surface area (Å²) in [5.74, 6) is 1.41. The molecular formula is C17H26O. The van der Waals surface area contributed by atoms with Crippen molar-refractivity contribution < 1.29 is 5.11 Å². The third kappa shape index (κ3) is 3.84. The molecule has 0 saturated heterocycles. The molecule has 0 spiro atoms.